The number of hydrogen-bond acceptors (Lipinski definition) is 4. The molecule has 0 fully saturated rings. The number of ether oxygens (including phenoxy) is 2. The van der Waals surface area contributed by atoms with E-state index < -0.39 is 17.4 Å². The van der Waals surface area contributed by atoms with E-state index in [9.17, 15) is 4.79 Å². The van der Waals surface area contributed by atoms with Gasteiger partial charge in [-0.3, -0.25) is 9.89 Å². The summed E-state index contributed by atoms with van der Waals surface area (Å²) in [5, 5.41) is 6.70. The molecule has 2 rings (SSSR count). The van der Waals surface area contributed by atoms with Crippen LogP contribution in [0.2, 0.25) is 0 Å². The molecule has 18 heavy (non-hydrogen) atoms. The summed E-state index contributed by atoms with van der Waals surface area (Å²) in [6.45, 7) is 0. The van der Waals surface area contributed by atoms with Gasteiger partial charge in [0.15, 0.2) is 0 Å². The predicted octanol–water partition coefficient (Wildman–Crippen LogP) is 0.453. The largest absolute Gasteiger partial charge is 0.500 e. The molecule has 6 nitrogen and oxygen atoms in total. The number of H-pyrrole nitrogens is 1. The van der Waals surface area contributed by atoms with Crippen LogP contribution in [0.25, 0.3) is 0 Å². The average Bonchev–Trinajstić information content (AvgIpc) is 2.91. The fourth-order valence-corrected chi connectivity index (χ4v) is 2.24. The minimum absolute atomic E-state index is 0.460. The molecule has 0 aliphatic heterocycles. The van der Waals surface area contributed by atoms with Crippen LogP contribution in [0.5, 0.6) is 0 Å². The summed E-state index contributed by atoms with van der Waals surface area (Å²) in [6.07, 6.45) is 6.82. The third-order valence-electron chi connectivity index (χ3n) is 3.10. The lowest BCUT2D eigenvalue weighted by molar-refractivity contribution is -0.131. The number of nitrogens with two attached hydrogens (primary N) is 1. The lowest BCUT2D eigenvalue weighted by atomic mass is 9.79. The van der Waals surface area contributed by atoms with Crippen molar-refractivity contribution in [1.29, 1.82) is 0 Å². The highest BCUT2D eigenvalue weighted by atomic mass is 16.5. The van der Waals surface area contributed by atoms with E-state index in [0.717, 1.165) is 0 Å². The van der Waals surface area contributed by atoms with Gasteiger partial charge in [-0.25, -0.2) is 0 Å². The molecule has 0 radical (unpaired) electrons. The molecule has 0 saturated carbocycles. The second-order valence-corrected chi connectivity index (χ2v) is 3.94. The summed E-state index contributed by atoms with van der Waals surface area (Å²) in [5.41, 5.74) is 5.12. The van der Waals surface area contributed by atoms with Crippen molar-refractivity contribution in [3.8, 4) is 0 Å². The maximum atomic E-state index is 11.7. The van der Waals surface area contributed by atoms with Gasteiger partial charge in [-0.05, 0) is 18.2 Å². The molecule has 1 heterocycles. The van der Waals surface area contributed by atoms with Crippen molar-refractivity contribution >= 4 is 5.91 Å². The summed E-state index contributed by atoms with van der Waals surface area (Å²) >= 11 is 0. The zero-order chi connectivity index (χ0) is 13.2. The van der Waals surface area contributed by atoms with Gasteiger partial charge in [-0.2, -0.15) is 5.10 Å². The molecule has 0 bridgehead atoms. The van der Waals surface area contributed by atoms with E-state index in [0.29, 0.717) is 11.5 Å². The van der Waals surface area contributed by atoms with Gasteiger partial charge >= 0.3 is 0 Å². The lowest BCUT2D eigenvalue weighted by Gasteiger charge is -2.36. The summed E-state index contributed by atoms with van der Waals surface area (Å²) in [6, 6.07) is 1.74. The van der Waals surface area contributed by atoms with Gasteiger partial charge in [0.1, 0.15) is 17.3 Å². The average molecular weight is 249 g/mol. The Morgan fingerprint density at radius 1 is 1.56 bits per heavy atom. The molecule has 0 aromatic carbocycles. The molecule has 2 atom stereocenters. The number of carbonyl (C=O) groups excluding carboxylic acids is 1. The number of nitrogens with zero attached hydrogens (tertiary/aromatic N) is 1. The molecule has 0 spiro atoms. The Kier molecular flexibility index (Phi) is 3.20. The van der Waals surface area contributed by atoms with Gasteiger partial charge in [0.2, 0.25) is 5.91 Å². The number of aromatic nitrogens is 2. The third kappa shape index (κ3) is 1.70. The third-order valence-corrected chi connectivity index (χ3v) is 3.10. The molecule has 1 aromatic heterocycles. The summed E-state index contributed by atoms with van der Waals surface area (Å²) < 4.78 is 10.8. The Hall–Kier alpha value is -2.08. The van der Waals surface area contributed by atoms with Crippen molar-refractivity contribution in [2.75, 3.05) is 14.2 Å². The maximum absolute atomic E-state index is 11.7. The normalized spacial score (nSPS) is 26.8. The fraction of sp³-hybridized carbons (Fsp3) is 0.333. The van der Waals surface area contributed by atoms with Crippen molar-refractivity contribution < 1.29 is 14.3 Å². The molecular formula is C12H15N3O3. The van der Waals surface area contributed by atoms with Crippen LogP contribution in [0.1, 0.15) is 5.69 Å². The molecule has 1 amide bonds. The molecule has 1 aliphatic rings. The standard InChI is InChI=1S/C12H15N3O3/c1-17-8-4-3-6-12(18-2,10(8)11(13)16)9-5-7-14-15-9/h3-7,10H,1-2H3,(H2,13,16)(H,14,15). The van der Waals surface area contributed by atoms with Crippen LogP contribution in [-0.4, -0.2) is 30.3 Å². The highest BCUT2D eigenvalue weighted by Gasteiger charge is 2.47. The quantitative estimate of drug-likeness (QED) is 0.810. The van der Waals surface area contributed by atoms with Crippen LogP contribution >= 0.6 is 0 Å². The SMILES string of the molecule is COC1=CC=CC(OC)(c2ccn[nH]2)C1C(N)=O. The topological polar surface area (TPSA) is 90.2 Å². The minimum atomic E-state index is -1.01. The van der Waals surface area contributed by atoms with Gasteiger partial charge in [0.25, 0.3) is 0 Å². The van der Waals surface area contributed by atoms with Crippen LogP contribution in [-0.2, 0) is 19.9 Å². The molecule has 6 heteroatoms. The summed E-state index contributed by atoms with van der Waals surface area (Å²) in [5.74, 6) is -0.802. The van der Waals surface area contributed by atoms with E-state index in [1.165, 1.54) is 14.2 Å². The van der Waals surface area contributed by atoms with Crippen LogP contribution in [0.4, 0.5) is 0 Å². The summed E-state index contributed by atoms with van der Waals surface area (Å²) in [4.78, 5) is 11.7. The van der Waals surface area contributed by atoms with Crippen LogP contribution in [0.15, 0.2) is 36.3 Å². The fourth-order valence-electron chi connectivity index (χ4n) is 2.24. The molecule has 2 unspecified atom stereocenters. The minimum Gasteiger partial charge on any atom is -0.500 e. The van der Waals surface area contributed by atoms with E-state index in [1.54, 1.807) is 30.5 Å². The number of primary amides is 1. The number of amides is 1. The second kappa shape index (κ2) is 4.66. The van der Waals surface area contributed by atoms with Crippen molar-refractivity contribution in [1.82, 2.24) is 10.2 Å². The summed E-state index contributed by atoms with van der Waals surface area (Å²) in [7, 11) is 3.01. The molecule has 1 aromatic rings. The zero-order valence-corrected chi connectivity index (χ0v) is 10.2. The predicted molar refractivity (Wildman–Crippen MR) is 64.2 cm³/mol. The highest BCUT2D eigenvalue weighted by molar-refractivity contribution is 5.82. The number of nitrogens with one attached hydrogen (secondary N) is 1. The van der Waals surface area contributed by atoms with Crippen molar-refractivity contribution in [3.63, 3.8) is 0 Å². The van der Waals surface area contributed by atoms with Gasteiger partial charge in [-0.15, -0.1) is 0 Å². The van der Waals surface area contributed by atoms with E-state index in [4.69, 9.17) is 15.2 Å². The van der Waals surface area contributed by atoms with Gasteiger partial charge < -0.3 is 15.2 Å². The number of rotatable bonds is 4. The van der Waals surface area contributed by atoms with Crippen molar-refractivity contribution in [3.05, 3.63) is 41.9 Å². The molecule has 1 aliphatic carbocycles. The van der Waals surface area contributed by atoms with Crippen molar-refractivity contribution in [2.24, 2.45) is 11.7 Å². The van der Waals surface area contributed by atoms with E-state index in [2.05, 4.69) is 10.2 Å². The van der Waals surface area contributed by atoms with Crippen LogP contribution in [0, 0.1) is 5.92 Å². The van der Waals surface area contributed by atoms with Gasteiger partial charge in [0.05, 0.1) is 12.8 Å². The molecule has 3 N–H and O–H groups in total. The van der Waals surface area contributed by atoms with E-state index in [-0.39, 0.29) is 0 Å². The zero-order valence-electron chi connectivity index (χ0n) is 10.2. The Morgan fingerprint density at radius 3 is 2.83 bits per heavy atom. The second-order valence-electron chi connectivity index (χ2n) is 3.94. The number of aromatic amines is 1. The lowest BCUT2D eigenvalue weighted by Crippen LogP contribution is -2.46. The van der Waals surface area contributed by atoms with Crippen LogP contribution in [0.3, 0.4) is 0 Å². The maximum Gasteiger partial charge on any atom is 0.231 e. The van der Waals surface area contributed by atoms with E-state index >= 15 is 0 Å². The first-order valence-electron chi connectivity index (χ1n) is 5.43. The molecular weight excluding hydrogens is 234 g/mol. The highest BCUT2D eigenvalue weighted by Crippen LogP contribution is 2.40. The Morgan fingerprint density at radius 2 is 2.33 bits per heavy atom. The van der Waals surface area contributed by atoms with E-state index in [1.807, 2.05) is 0 Å². The molecule has 96 valence electrons. The Balaban J connectivity index is 2.56. The Bertz CT molecular complexity index is 493. The van der Waals surface area contributed by atoms with Gasteiger partial charge in [-0.1, -0.05) is 6.08 Å². The first-order valence-corrected chi connectivity index (χ1v) is 5.43. The van der Waals surface area contributed by atoms with Crippen LogP contribution < -0.4 is 5.73 Å². The number of allylic oxidation sites excluding steroid dienone is 2. The Labute approximate surface area is 104 Å². The smallest absolute Gasteiger partial charge is 0.231 e. The monoisotopic (exact) mass is 249 g/mol. The first kappa shape index (κ1) is 12.4. The molecule has 0 saturated heterocycles. The van der Waals surface area contributed by atoms with Crippen molar-refractivity contribution in [2.45, 2.75) is 5.60 Å². The number of carbonyl (C=O) groups is 1. The van der Waals surface area contributed by atoms with Gasteiger partial charge in [0, 0.05) is 13.3 Å². The number of methoxy groups -OCH3 is 2. The first-order chi connectivity index (χ1) is 8.65. The number of hydrogen-bond donors (Lipinski definition) is 2.